The Morgan fingerprint density at radius 2 is 1.90 bits per heavy atom. The van der Waals surface area contributed by atoms with Crippen LogP contribution in [0.1, 0.15) is 20.8 Å². The Labute approximate surface area is 119 Å². The predicted molar refractivity (Wildman–Crippen MR) is 80.6 cm³/mol. The van der Waals surface area contributed by atoms with Crippen molar-refractivity contribution in [1.82, 2.24) is 14.9 Å². The molecule has 0 saturated carbocycles. The maximum Gasteiger partial charge on any atom is 0.244 e. The minimum absolute atomic E-state index is 0.0740. The fourth-order valence-electron chi connectivity index (χ4n) is 2.12. The number of carbonyl (C=O) groups excluding carboxylic acids is 1. The van der Waals surface area contributed by atoms with Gasteiger partial charge in [-0.25, -0.2) is 4.98 Å². The topological polar surface area (TPSA) is 58.1 Å². The monoisotopic (exact) mass is 272 g/mol. The minimum Gasteiger partial charge on any atom is -0.357 e. The van der Waals surface area contributed by atoms with Gasteiger partial charge in [0.2, 0.25) is 5.91 Å². The van der Waals surface area contributed by atoms with Gasteiger partial charge in [-0.05, 0) is 32.9 Å². The summed E-state index contributed by atoms with van der Waals surface area (Å²) in [4.78, 5) is 22.8. The molecule has 1 atom stereocenters. The van der Waals surface area contributed by atoms with Crippen LogP contribution in [0.4, 0.5) is 5.82 Å². The summed E-state index contributed by atoms with van der Waals surface area (Å²) >= 11 is 0. The molecule has 1 amide bonds. The van der Waals surface area contributed by atoms with E-state index in [0.29, 0.717) is 18.9 Å². The first-order chi connectivity index (χ1) is 9.65. The molecule has 0 fully saturated rings. The van der Waals surface area contributed by atoms with Crippen LogP contribution in [-0.4, -0.2) is 39.9 Å². The molecule has 1 heterocycles. The van der Waals surface area contributed by atoms with Crippen molar-refractivity contribution in [2.45, 2.75) is 26.8 Å². The molecule has 5 heteroatoms. The van der Waals surface area contributed by atoms with Crippen LogP contribution in [0.25, 0.3) is 11.0 Å². The number of fused-ring (bicyclic) bond motifs is 1. The van der Waals surface area contributed by atoms with Crippen molar-refractivity contribution in [1.29, 1.82) is 0 Å². The number of hydrogen-bond donors (Lipinski definition) is 1. The van der Waals surface area contributed by atoms with Crippen LogP contribution in [-0.2, 0) is 4.79 Å². The third-order valence-corrected chi connectivity index (χ3v) is 3.26. The highest BCUT2D eigenvalue weighted by Gasteiger charge is 2.18. The fraction of sp³-hybridized carbons (Fsp3) is 0.400. The van der Waals surface area contributed by atoms with Gasteiger partial charge >= 0.3 is 0 Å². The Kier molecular flexibility index (Phi) is 4.50. The Hall–Kier alpha value is -2.17. The van der Waals surface area contributed by atoms with Crippen molar-refractivity contribution in [3.05, 3.63) is 30.5 Å². The number of benzene rings is 1. The molecule has 0 radical (unpaired) electrons. The highest BCUT2D eigenvalue weighted by Crippen LogP contribution is 2.12. The van der Waals surface area contributed by atoms with Crippen molar-refractivity contribution >= 4 is 22.8 Å². The van der Waals surface area contributed by atoms with Gasteiger partial charge in [-0.1, -0.05) is 12.1 Å². The van der Waals surface area contributed by atoms with E-state index in [-0.39, 0.29) is 11.9 Å². The summed E-state index contributed by atoms with van der Waals surface area (Å²) in [5.74, 6) is 0.696. The number of aromatic nitrogens is 2. The van der Waals surface area contributed by atoms with E-state index in [4.69, 9.17) is 0 Å². The summed E-state index contributed by atoms with van der Waals surface area (Å²) in [6.07, 6.45) is 1.66. The number of carbonyl (C=O) groups is 1. The Morgan fingerprint density at radius 3 is 2.55 bits per heavy atom. The van der Waals surface area contributed by atoms with E-state index in [1.807, 2.05) is 45.0 Å². The lowest BCUT2D eigenvalue weighted by atomic mass is 10.2. The van der Waals surface area contributed by atoms with Gasteiger partial charge in [0.1, 0.15) is 11.9 Å². The third kappa shape index (κ3) is 3.04. The number of likely N-dealkylation sites (N-methyl/N-ethyl adjacent to an activating group) is 1. The van der Waals surface area contributed by atoms with E-state index in [1.54, 1.807) is 11.1 Å². The maximum atomic E-state index is 12.2. The van der Waals surface area contributed by atoms with Crippen molar-refractivity contribution < 1.29 is 4.79 Å². The number of hydrogen-bond acceptors (Lipinski definition) is 4. The van der Waals surface area contributed by atoms with Crippen LogP contribution in [0.15, 0.2) is 30.5 Å². The van der Waals surface area contributed by atoms with Crippen LogP contribution in [0, 0.1) is 0 Å². The van der Waals surface area contributed by atoms with Gasteiger partial charge in [-0.15, -0.1) is 0 Å². The van der Waals surface area contributed by atoms with E-state index in [1.165, 1.54) is 0 Å². The highest BCUT2D eigenvalue weighted by molar-refractivity contribution is 5.84. The SMILES string of the molecule is CCN(CC)C(=O)C(C)Nc1cnc2ccccc2n1. The second-order valence-corrected chi connectivity index (χ2v) is 4.62. The number of amides is 1. The summed E-state index contributed by atoms with van der Waals surface area (Å²) < 4.78 is 0. The van der Waals surface area contributed by atoms with E-state index in [2.05, 4.69) is 15.3 Å². The zero-order valence-corrected chi connectivity index (χ0v) is 12.1. The number of nitrogens with zero attached hydrogens (tertiary/aromatic N) is 3. The molecule has 0 aliphatic carbocycles. The van der Waals surface area contributed by atoms with Gasteiger partial charge in [-0.3, -0.25) is 9.78 Å². The average molecular weight is 272 g/mol. The first kappa shape index (κ1) is 14.2. The second kappa shape index (κ2) is 6.32. The molecule has 0 aliphatic heterocycles. The van der Waals surface area contributed by atoms with Crippen LogP contribution in [0.2, 0.25) is 0 Å². The molecule has 20 heavy (non-hydrogen) atoms. The van der Waals surface area contributed by atoms with E-state index < -0.39 is 0 Å². The summed E-state index contributed by atoms with van der Waals surface area (Å²) in [6, 6.07) is 7.36. The van der Waals surface area contributed by atoms with Gasteiger partial charge in [-0.2, -0.15) is 0 Å². The predicted octanol–water partition coefficient (Wildman–Crippen LogP) is 2.30. The molecule has 106 valence electrons. The molecular weight excluding hydrogens is 252 g/mol. The van der Waals surface area contributed by atoms with Crippen LogP contribution in [0.3, 0.4) is 0 Å². The Balaban J connectivity index is 2.13. The van der Waals surface area contributed by atoms with Crippen LogP contribution in [0.5, 0.6) is 0 Å². The maximum absolute atomic E-state index is 12.2. The highest BCUT2D eigenvalue weighted by atomic mass is 16.2. The minimum atomic E-state index is -0.314. The van der Waals surface area contributed by atoms with Crippen molar-refractivity contribution in [2.75, 3.05) is 18.4 Å². The number of anilines is 1. The van der Waals surface area contributed by atoms with Crippen molar-refractivity contribution in [3.63, 3.8) is 0 Å². The molecule has 1 unspecified atom stereocenters. The smallest absolute Gasteiger partial charge is 0.244 e. The molecule has 1 N–H and O–H groups in total. The van der Waals surface area contributed by atoms with Gasteiger partial charge in [0.25, 0.3) is 0 Å². The Morgan fingerprint density at radius 1 is 1.25 bits per heavy atom. The quantitative estimate of drug-likeness (QED) is 0.907. The standard InChI is InChI=1S/C15H20N4O/c1-4-19(5-2)15(20)11(3)17-14-10-16-12-8-6-7-9-13(12)18-14/h6-11H,4-5H2,1-3H3,(H,17,18). The summed E-state index contributed by atoms with van der Waals surface area (Å²) in [5, 5.41) is 3.12. The molecular formula is C15H20N4O. The van der Waals surface area contributed by atoms with Gasteiger partial charge < -0.3 is 10.2 Å². The van der Waals surface area contributed by atoms with Gasteiger partial charge in [0.15, 0.2) is 0 Å². The second-order valence-electron chi connectivity index (χ2n) is 4.62. The molecule has 0 bridgehead atoms. The zero-order valence-electron chi connectivity index (χ0n) is 12.1. The Bertz CT molecular complexity index is 595. The van der Waals surface area contributed by atoms with Gasteiger partial charge in [0.05, 0.1) is 17.2 Å². The summed E-state index contributed by atoms with van der Waals surface area (Å²) in [6.45, 7) is 7.22. The molecule has 1 aromatic carbocycles. The number of para-hydroxylation sites is 2. The first-order valence-electron chi connectivity index (χ1n) is 6.92. The summed E-state index contributed by atoms with van der Waals surface area (Å²) in [7, 11) is 0. The van der Waals surface area contributed by atoms with E-state index in [0.717, 1.165) is 11.0 Å². The molecule has 0 saturated heterocycles. The van der Waals surface area contributed by atoms with Crippen molar-refractivity contribution in [2.24, 2.45) is 0 Å². The van der Waals surface area contributed by atoms with E-state index in [9.17, 15) is 4.79 Å². The van der Waals surface area contributed by atoms with Crippen LogP contribution >= 0.6 is 0 Å². The fourth-order valence-corrected chi connectivity index (χ4v) is 2.12. The third-order valence-electron chi connectivity index (χ3n) is 3.26. The van der Waals surface area contributed by atoms with E-state index >= 15 is 0 Å². The zero-order chi connectivity index (χ0) is 14.5. The molecule has 0 aliphatic rings. The largest absolute Gasteiger partial charge is 0.357 e. The average Bonchev–Trinajstić information content (AvgIpc) is 2.48. The molecule has 1 aromatic heterocycles. The normalized spacial score (nSPS) is 12.2. The number of rotatable bonds is 5. The molecule has 0 spiro atoms. The van der Waals surface area contributed by atoms with Crippen molar-refractivity contribution in [3.8, 4) is 0 Å². The molecule has 2 aromatic rings. The molecule has 5 nitrogen and oxygen atoms in total. The van der Waals surface area contributed by atoms with Crippen LogP contribution < -0.4 is 5.32 Å². The lowest BCUT2D eigenvalue weighted by Crippen LogP contribution is -2.41. The molecule has 2 rings (SSSR count). The lowest BCUT2D eigenvalue weighted by molar-refractivity contribution is -0.131. The number of nitrogens with one attached hydrogen (secondary N) is 1. The summed E-state index contributed by atoms with van der Waals surface area (Å²) in [5.41, 5.74) is 1.67. The first-order valence-corrected chi connectivity index (χ1v) is 6.92. The lowest BCUT2D eigenvalue weighted by Gasteiger charge is -2.23. The van der Waals surface area contributed by atoms with Gasteiger partial charge in [0, 0.05) is 13.1 Å².